The fraction of sp³-hybridized carbons (Fsp3) is 0.250. The van der Waals surface area contributed by atoms with E-state index in [4.69, 9.17) is 16.9 Å². The van der Waals surface area contributed by atoms with Gasteiger partial charge in [-0.25, -0.2) is 4.42 Å². The van der Waals surface area contributed by atoms with E-state index in [1.165, 1.54) is 12.2 Å². The molecule has 0 aromatic rings. The van der Waals surface area contributed by atoms with Gasteiger partial charge in [0.25, 0.3) is 5.91 Å². The molecule has 1 rings (SSSR count). The molecule has 0 saturated carbocycles. The maximum atomic E-state index is 10.3. The van der Waals surface area contributed by atoms with Gasteiger partial charge in [-0.05, 0) is 6.08 Å². The number of carbonyl (C=O) groups is 1. The van der Waals surface area contributed by atoms with Crippen molar-refractivity contribution in [3.8, 4) is 0 Å². The first-order chi connectivity index (χ1) is 3.72. The number of aliphatic hydroxyl groups is 1. The largest absolute Gasteiger partial charge is 0.369 e. The van der Waals surface area contributed by atoms with Gasteiger partial charge >= 0.3 is 0 Å². The molecule has 1 N–H and O–H groups in total. The minimum absolute atomic E-state index is 0.376. The van der Waals surface area contributed by atoms with Crippen molar-refractivity contribution in [2.75, 3.05) is 0 Å². The average molecular weight is 134 g/mol. The van der Waals surface area contributed by atoms with E-state index >= 15 is 0 Å². The van der Waals surface area contributed by atoms with E-state index in [-0.39, 0.29) is 5.91 Å². The van der Waals surface area contributed by atoms with Crippen molar-refractivity contribution >= 4 is 17.7 Å². The normalized spacial score (nSPS) is 27.5. The van der Waals surface area contributed by atoms with Crippen molar-refractivity contribution in [1.29, 1.82) is 0 Å². The van der Waals surface area contributed by atoms with Crippen LogP contribution in [0.3, 0.4) is 0 Å². The molecule has 1 heterocycles. The van der Waals surface area contributed by atoms with Gasteiger partial charge in [0.15, 0.2) is 6.23 Å². The molecule has 1 unspecified atom stereocenters. The SMILES string of the molecule is O=C1C=CC(O)N1Cl. The van der Waals surface area contributed by atoms with E-state index in [1.807, 2.05) is 0 Å². The molecular weight excluding hydrogens is 130 g/mol. The molecule has 8 heavy (non-hydrogen) atoms. The van der Waals surface area contributed by atoms with Gasteiger partial charge in [0.05, 0.1) is 0 Å². The first-order valence-corrected chi connectivity index (χ1v) is 2.41. The molecular formula is C4H4ClNO2. The predicted molar refractivity (Wildman–Crippen MR) is 27.8 cm³/mol. The van der Waals surface area contributed by atoms with E-state index in [2.05, 4.69) is 0 Å². The zero-order valence-electron chi connectivity index (χ0n) is 3.91. The Balaban J connectivity index is 2.69. The van der Waals surface area contributed by atoms with Crippen LogP contribution in [0.25, 0.3) is 0 Å². The number of rotatable bonds is 0. The summed E-state index contributed by atoms with van der Waals surface area (Å²) in [5.74, 6) is -0.376. The quantitative estimate of drug-likeness (QED) is 0.467. The van der Waals surface area contributed by atoms with Gasteiger partial charge in [0.2, 0.25) is 0 Å². The summed E-state index contributed by atoms with van der Waals surface area (Å²) in [4.78, 5) is 10.3. The van der Waals surface area contributed by atoms with E-state index in [0.29, 0.717) is 0 Å². The second kappa shape index (κ2) is 1.76. The molecule has 4 heteroatoms. The summed E-state index contributed by atoms with van der Waals surface area (Å²) in [7, 11) is 0. The Morgan fingerprint density at radius 1 is 1.88 bits per heavy atom. The molecule has 1 aliphatic rings. The highest BCUT2D eigenvalue weighted by molar-refractivity contribution is 6.24. The van der Waals surface area contributed by atoms with E-state index in [1.54, 1.807) is 0 Å². The molecule has 0 saturated heterocycles. The van der Waals surface area contributed by atoms with Gasteiger partial charge < -0.3 is 5.11 Å². The maximum absolute atomic E-state index is 10.3. The molecule has 1 amide bonds. The molecule has 44 valence electrons. The monoisotopic (exact) mass is 133 g/mol. The molecule has 0 aromatic carbocycles. The van der Waals surface area contributed by atoms with Gasteiger partial charge in [-0.1, -0.05) is 0 Å². The summed E-state index contributed by atoms with van der Waals surface area (Å²) in [6, 6.07) is 0. The van der Waals surface area contributed by atoms with Crippen molar-refractivity contribution in [1.82, 2.24) is 4.42 Å². The van der Waals surface area contributed by atoms with Crippen LogP contribution in [0.15, 0.2) is 12.2 Å². The van der Waals surface area contributed by atoms with Crippen LogP contribution >= 0.6 is 11.8 Å². The molecule has 0 aliphatic carbocycles. The lowest BCUT2D eigenvalue weighted by Crippen LogP contribution is -2.23. The van der Waals surface area contributed by atoms with Crippen LogP contribution in [0.1, 0.15) is 0 Å². The van der Waals surface area contributed by atoms with Crippen molar-refractivity contribution in [2.24, 2.45) is 0 Å². The zero-order chi connectivity index (χ0) is 6.15. The van der Waals surface area contributed by atoms with Crippen molar-refractivity contribution in [2.45, 2.75) is 6.23 Å². The fourth-order valence-corrected chi connectivity index (χ4v) is 0.567. The highest BCUT2D eigenvalue weighted by Crippen LogP contribution is 2.09. The molecule has 3 nitrogen and oxygen atoms in total. The molecule has 0 fully saturated rings. The third kappa shape index (κ3) is 0.700. The third-order valence-corrected chi connectivity index (χ3v) is 1.22. The minimum atomic E-state index is -0.941. The number of aliphatic hydroxyl groups excluding tert-OH is 1. The second-order valence-corrected chi connectivity index (χ2v) is 1.79. The average Bonchev–Trinajstić information content (AvgIpc) is 1.98. The van der Waals surface area contributed by atoms with Crippen LogP contribution in [-0.4, -0.2) is 21.7 Å². The van der Waals surface area contributed by atoms with Crippen LogP contribution < -0.4 is 0 Å². The van der Waals surface area contributed by atoms with E-state index < -0.39 is 6.23 Å². The van der Waals surface area contributed by atoms with Gasteiger partial charge in [-0.15, -0.1) is 0 Å². The van der Waals surface area contributed by atoms with E-state index in [9.17, 15) is 4.79 Å². The second-order valence-electron chi connectivity index (χ2n) is 1.42. The molecule has 1 aliphatic heterocycles. The van der Waals surface area contributed by atoms with Crippen molar-refractivity contribution in [3.63, 3.8) is 0 Å². The van der Waals surface area contributed by atoms with Crippen molar-refractivity contribution < 1.29 is 9.90 Å². The summed E-state index contributed by atoms with van der Waals surface area (Å²) in [5.41, 5.74) is 0. The third-order valence-electron chi connectivity index (χ3n) is 0.854. The van der Waals surface area contributed by atoms with E-state index in [0.717, 1.165) is 4.42 Å². The fourth-order valence-electron chi connectivity index (χ4n) is 0.446. The summed E-state index contributed by atoms with van der Waals surface area (Å²) in [5, 5.41) is 8.65. The summed E-state index contributed by atoms with van der Waals surface area (Å²) >= 11 is 5.18. The van der Waals surface area contributed by atoms with Gasteiger partial charge in [-0.2, -0.15) is 0 Å². The molecule has 0 aromatic heterocycles. The Kier molecular flexibility index (Phi) is 1.23. The van der Waals surface area contributed by atoms with Crippen LogP contribution in [-0.2, 0) is 4.79 Å². The highest BCUT2D eigenvalue weighted by atomic mass is 35.5. The predicted octanol–water partition coefficient (Wildman–Crippen LogP) is -0.143. The Hall–Kier alpha value is -0.540. The lowest BCUT2D eigenvalue weighted by atomic mass is 10.5. The zero-order valence-corrected chi connectivity index (χ0v) is 4.67. The van der Waals surface area contributed by atoms with Gasteiger partial charge in [0, 0.05) is 17.9 Å². The lowest BCUT2D eigenvalue weighted by Gasteiger charge is -2.07. The van der Waals surface area contributed by atoms with Crippen LogP contribution in [0.4, 0.5) is 0 Å². The van der Waals surface area contributed by atoms with Crippen LogP contribution in [0.5, 0.6) is 0 Å². The summed E-state index contributed by atoms with van der Waals surface area (Å²) in [6.07, 6.45) is 1.59. The lowest BCUT2D eigenvalue weighted by molar-refractivity contribution is -0.124. The first kappa shape index (κ1) is 5.59. The Morgan fingerprint density at radius 3 is 2.62 bits per heavy atom. The Labute approximate surface area is 51.3 Å². The number of halogens is 1. The molecule has 0 radical (unpaired) electrons. The van der Waals surface area contributed by atoms with Gasteiger partial charge in [0.1, 0.15) is 0 Å². The number of amides is 1. The number of nitrogens with zero attached hydrogens (tertiary/aromatic N) is 1. The number of carbonyl (C=O) groups excluding carboxylic acids is 1. The maximum Gasteiger partial charge on any atom is 0.263 e. The topological polar surface area (TPSA) is 40.5 Å². The molecule has 0 bridgehead atoms. The minimum Gasteiger partial charge on any atom is -0.369 e. The van der Waals surface area contributed by atoms with Crippen LogP contribution in [0.2, 0.25) is 0 Å². The summed E-state index contributed by atoms with van der Waals surface area (Å²) in [6.45, 7) is 0. The van der Waals surface area contributed by atoms with Crippen LogP contribution in [0, 0.1) is 0 Å². The Bertz CT molecular complexity index is 145. The molecule has 0 spiro atoms. The van der Waals surface area contributed by atoms with Gasteiger partial charge in [-0.3, -0.25) is 4.79 Å². The standard InChI is InChI=1S/C4H4ClNO2/c5-6-3(7)1-2-4(6)8/h1-3,7H. The summed E-state index contributed by atoms with van der Waals surface area (Å²) < 4.78 is 0.722. The number of hydrogen-bond acceptors (Lipinski definition) is 2. The Morgan fingerprint density at radius 2 is 2.50 bits per heavy atom. The number of hydrogen-bond donors (Lipinski definition) is 1. The van der Waals surface area contributed by atoms with Crippen molar-refractivity contribution in [3.05, 3.63) is 12.2 Å². The highest BCUT2D eigenvalue weighted by Gasteiger charge is 2.20. The first-order valence-electron chi connectivity index (χ1n) is 2.07. The molecule has 1 atom stereocenters. The smallest absolute Gasteiger partial charge is 0.263 e.